The van der Waals surface area contributed by atoms with E-state index >= 15 is 0 Å². The van der Waals surface area contributed by atoms with Gasteiger partial charge < -0.3 is 15.4 Å². The van der Waals surface area contributed by atoms with Crippen LogP contribution in [0.15, 0.2) is 0 Å². The highest BCUT2D eigenvalue weighted by atomic mass is 35.5. The van der Waals surface area contributed by atoms with Crippen molar-refractivity contribution in [1.29, 1.82) is 0 Å². The molecule has 0 aromatic heterocycles. The Kier molecular flexibility index (Phi) is 7.92. The number of rotatable bonds is 2. The summed E-state index contributed by atoms with van der Waals surface area (Å²) in [4.78, 5) is 2.54. The Balaban J connectivity index is 0.000000980. The van der Waals surface area contributed by atoms with Crippen LogP contribution in [0.2, 0.25) is 0 Å². The van der Waals surface area contributed by atoms with Crippen LogP contribution >= 0.6 is 24.8 Å². The van der Waals surface area contributed by atoms with E-state index < -0.39 is 0 Å². The molecule has 2 aliphatic heterocycles. The highest BCUT2D eigenvalue weighted by Crippen LogP contribution is 2.16. The van der Waals surface area contributed by atoms with Crippen LogP contribution < -0.4 is 5.73 Å². The minimum absolute atomic E-state index is 0. The lowest BCUT2D eigenvalue weighted by Gasteiger charge is -2.31. The highest BCUT2D eigenvalue weighted by molar-refractivity contribution is 5.85. The zero-order chi connectivity index (χ0) is 9.10. The van der Waals surface area contributed by atoms with E-state index in [0.717, 1.165) is 19.1 Å². The molecule has 0 aromatic rings. The Hall–Kier alpha value is 0.460. The quantitative estimate of drug-likeness (QED) is 0.810. The number of nitrogens with two attached hydrogens (primary N) is 1. The summed E-state index contributed by atoms with van der Waals surface area (Å²) in [5.74, 6) is 0.786. The molecule has 0 spiro atoms. The van der Waals surface area contributed by atoms with E-state index in [1.807, 2.05) is 0 Å². The van der Waals surface area contributed by atoms with Gasteiger partial charge in [0.1, 0.15) is 0 Å². The molecule has 0 aromatic carbocycles. The smallest absolute Gasteiger partial charge is 0.0507 e. The number of likely N-dealkylation sites (tertiary alicyclic amines) is 1. The van der Waals surface area contributed by atoms with Crippen LogP contribution in [-0.2, 0) is 4.74 Å². The van der Waals surface area contributed by atoms with E-state index in [0.29, 0.717) is 6.04 Å². The molecular weight excluding hydrogens is 235 g/mol. The summed E-state index contributed by atoms with van der Waals surface area (Å²) >= 11 is 0. The molecule has 1 unspecified atom stereocenters. The number of nitrogens with zero attached hydrogens (tertiary/aromatic N) is 1. The van der Waals surface area contributed by atoms with Crippen molar-refractivity contribution in [3.63, 3.8) is 0 Å². The first-order valence-electron chi connectivity index (χ1n) is 5.40. The molecule has 2 heterocycles. The minimum Gasteiger partial charge on any atom is -0.381 e. The van der Waals surface area contributed by atoms with Gasteiger partial charge in [0.05, 0.1) is 6.61 Å². The predicted molar refractivity (Wildman–Crippen MR) is 67.1 cm³/mol. The zero-order valence-corrected chi connectivity index (χ0v) is 10.7. The van der Waals surface area contributed by atoms with Crippen molar-refractivity contribution < 1.29 is 4.74 Å². The molecule has 0 aliphatic carbocycles. The van der Waals surface area contributed by atoms with E-state index in [4.69, 9.17) is 10.5 Å². The summed E-state index contributed by atoms with van der Waals surface area (Å²) in [6.45, 7) is 5.56. The fourth-order valence-electron chi connectivity index (χ4n) is 2.23. The van der Waals surface area contributed by atoms with Gasteiger partial charge in [-0.3, -0.25) is 0 Å². The van der Waals surface area contributed by atoms with Gasteiger partial charge in [-0.25, -0.2) is 0 Å². The first-order chi connectivity index (χ1) is 6.34. The summed E-state index contributed by atoms with van der Waals surface area (Å²) < 4.78 is 5.37. The van der Waals surface area contributed by atoms with Gasteiger partial charge in [-0.15, -0.1) is 24.8 Å². The third kappa shape index (κ3) is 4.87. The van der Waals surface area contributed by atoms with Crippen LogP contribution in [0, 0.1) is 5.92 Å². The Bertz CT molecular complexity index is 158. The molecule has 2 fully saturated rings. The molecule has 15 heavy (non-hydrogen) atoms. The van der Waals surface area contributed by atoms with Gasteiger partial charge in [0, 0.05) is 19.2 Å². The van der Waals surface area contributed by atoms with E-state index in [1.165, 1.54) is 38.9 Å². The fourth-order valence-corrected chi connectivity index (χ4v) is 2.23. The first-order valence-corrected chi connectivity index (χ1v) is 5.40. The van der Waals surface area contributed by atoms with E-state index in [2.05, 4.69) is 4.90 Å². The minimum atomic E-state index is 0. The lowest BCUT2D eigenvalue weighted by Crippen LogP contribution is -2.41. The SMILES string of the molecule is Cl.Cl.NC1CCN(CC2CCOC2)CC1. The monoisotopic (exact) mass is 256 g/mol. The molecule has 92 valence electrons. The van der Waals surface area contributed by atoms with Crippen molar-refractivity contribution in [1.82, 2.24) is 4.90 Å². The van der Waals surface area contributed by atoms with Crippen LogP contribution in [-0.4, -0.2) is 43.8 Å². The van der Waals surface area contributed by atoms with Crippen molar-refractivity contribution >= 4 is 24.8 Å². The van der Waals surface area contributed by atoms with Gasteiger partial charge in [-0.1, -0.05) is 0 Å². The largest absolute Gasteiger partial charge is 0.381 e. The fraction of sp³-hybridized carbons (Fsp3) is 1.00. The molecule has 0 bridgehead atoms. The molecule has 2 rings (SSSR count). The molecule has 5 heteroatoms. The van der Waals surface area contributed by atoms with Gasteiger partial charge in [-0.05, 0) is 38.3 Å². The normalized spacial score (nSPS) is 28.2. The molecular formula is C10H22Cl2N2O. The van der Waals surface area contributed by atoms with E-state index in [1.54, 1.807) is 0 Å². The highest BCUT2D eigenvalue weighted by Gasteiger charge is 2.22. The van der Waals surface area contributed by atoms with Crippen molar-refractivity contribution in [3.05, 3.63) is 0 Å². The second-order valence-electron chi connectivity index (χ2n) is 4.37. The van der Waals surface area contributed by atoms with Crippen molar-refractivity contribution in [2.45, 2.75) is 25.3 Å². The molecule has 0 amide bonds. The summed E-state index contributed by atoms with van der Waals surface area (Å²) in [6.07, 6.45) is 3.60. The number of halogens is 2. The molecule has 3 nitrogen and oxygen atoms in total. The third-order valence-electron chi connectivity index (χ3n) is 3.17. The molecule has 0 saturated carbocycles. The van der Waals surface area contributed by atoms with Gasteiger partial charge >= 0.3 is 0 Å². The lowest BCUT2D eigenvalue weighted by molar-refractivity contribution is 0.152. The summed E-state index contributed by atoms with van der Waals surface area (Å²) in [5.41, 5.74) is 5.85. The van der Waals surface area contributed by atoms with Crippen molar-refractivity contribution in [2.24, 2.45) is 11.7 Å². The first kappa shape index (κ1) is 15.5. The molecule has 2 N–H and O–H groups in total. The molecule has 0 radical (unpaired) electrons. The maximum Gasteiger partial charge on any atom is 0.0507 e. The van der Waals surface area contributed by atoms with E-state index in [9.17, 15) is 0 Å². The summed E-state index contributed by atoms with van der Waals surface area (Å²) in [5, 5.41) is 0. The summed E-state index contributed by atoms with van der Waals surface area (Å²) in [6, 6.07) is 0.455. The Morgan fingerprint density at radius 1 is 1.13 bits per heavy atom. The van der Waals surface area contributed by atoms with Crippen LogP contribution in [0.5, 0.6) is 0 Å². The van der Waals surface area contributed by atoms with Crippen molar-refractivity contribution in [2.75, 3.05) is 32.8 Å². The van der Waals surface area contributed by atoms with Gasteiger partial charge in [0.25, 0.3) is 0 Å². The Labute approximate surface area is 105 Å². The number of hydrogen-bond acceptors (Lipinski definition) is 3. The average Bonchev–Trinajstić information content (AvgIpc) is 2.62. The topological polar surface area (TPSA) is 38.5 Å². The van der Waals surface area contributed by atoms with Crippen LogP contribution in [0.25, 0.3) is 0 Å². The molecule has 1 atom stereocenters. The van der Waals surface area contributed by atoms with Gasteiger partial charge in [0.2, 0.25) is 0 Å². The van der Waals surface area contributed by atoms with Gasteiger partial charge in [-0.2, -0.15) is 0 Å². The maximum absolute atomic E-state index is 5.85. The predicted octanol–water partition coefficient (Wildman–Crippen LogP) is 1.29. The lowest BCUT2D eigenvalue weighted by atomic mass is 10.0. The number of piperidine rings is 1. The summed E-state index contributed by atoms with van der Waals surface area (Å²) in [7, 11) is 0. The van der Waals surface area contributed by atoms with E-state index in [-0.39, 0.29) is 24.8 Å². The van der Waals surface area contributed by atoms with Crippen LogP contribution in [0.1, 0.15) is 19.3 Å². The van der Waals surface area contributed by atoms with Crippen LogP contribution in [0.4, 0.5) is 0 Å². The Morgan fingerprint density at radius 2 is 1.80 bits per heavy atom. The zero-order valence-electron chi connectivity index (χ0n) is 9.06. The second kappa shape index (κ2) is 7.69. The third-order valence-corrected chi connectivity index (χ3v) is 3.17. The molecule has 2 saturated heterocycles. The Morgan fingerprint density at radius 3 is 2.33 bits per heavy atom. The number of ether oxygens (including phenoxy) is 1. The second-order valence-corrected chi connectivity index (χ2v) is 4.37. The number of hydrogen-bond donors (Lipinski definition) is 1. The molecule has 2 aliphatic rings. The maximum atomic E-state index is 5.85. The standard InChI is InChI=1S/C10H20N2O.2ClH/c11-10-1-4-12(5-2-10)7-9-3-6-13-8-9;;/h9-10H,1-8,11H2;2*1H. The van der Waals surface area contributed by atoms with Gasteiger partial charge in [0.15, 0.2) is 0 Å². The van der Waals surface area contributed by atoms with Crippen LogP contribution in [0.3, 0.4) is 0 Å². The van der Waals surface area contributed by atoms with Crippen molar-refractivity contribution in [3.8, 4) is 0 Å². The average molecular weight is 257 g/mol.